The normalized spacial score (nSPS) is 26.3. The molecule has 4 heteroatoms. The topological polar surface area (TPSA) is 67.1 Å². The molecular formula is C5H11N3O. The van der Waals surface area contributed by atoms with Gasteiger partial charge in [0, 0.05) is 0 Å². The maximum atomic E-state index is 10.5. The molecule has 1 heterocycles. The molecule has 1 aliphatic heterocycles. The third kappa shape index (κ3) is 1.65. The Morgan fingerprint density at radius 3 is 3.00 bits per heavy atom. The Morgan fingerprint density at radius 1 is 1.78 bits per heavy atom. The maximum Gasteiger partial charge on any atom is 0.235 e. The summed E-state index contributed by atoms with van der Waals surface area (Å²) in [7, 11) is 0. The summed E-state index contributed by atoms with van der Waals surface area (Å²) in [6.45, 7) is 1.04. The minimum atomic E-state index is 0.0634. The molecule has 9 heavy (non-hydrogen) atoms. The first-order valence-corrected chi connectivity index (χ1v) is 3.06. The molecule has 4 N–H and O–H groups in total. The first-order chi connectivity index (χ1) is 4.33. The number of carbonyl (C=O) groups excluding carboxylic acids is 1. The first-order valence-electron chi connectivity index (χ1n) is 3.06. The van der Waals surface area contributed by atoms with E-state index in [0.717, 1.165) is 6.42 Å². The highest BCUT2D eigenvalue weighted by Gasteiger charge is 2.17. The third-order valence-electron chi connectivity index (χ3n) is 1.30. The molecule has 0 spiro atoms. The van der Waals surface area contributed by atoms with Gasteiger partial charge in [0.1, 0.15) is 0 Å². The molecule has 52 valence electrons. The molecule has 1 saturated heterocycles. The van der Waals surface area contributed by atoms with Gasteiger partial charge in [0.15, 0.2) is 0 Å². The van der Waals surface area contributed by atoms with E-state index in [1.807, 2.05) is 0 Å². The van der Waals surface area contributed by atoms with Crippen molar-refractivity contribution in [2.45, 2.75) is 12.6 Å². The average Bonchev–Trinajstić information content (AvgIpc) is 2.17. The molecule has 0 saturated carbocycles. The van der Waals surface area contributed by atoms with Gasteiger partial charge in [0.25, 0.3) is 0 Å². The number of nitrogens with one attached hydrogen (secondary N) is 2. The first kappa shape index (κ1) is 6.51. The summed E-state index contributed by atoms with van der Waals surface area (Å²) in [6.07, 6.45) is 0.925. The molecule has 0 aromatic carbocycles. The van der Waals surface area contributed by atoms with Crippen LogP contribution in [0.25, 0.3) is 0 Å². The number of carbonyl (C=O) groups is 1. The lowest BCUT2D eigenvalue weighted by molar-refractivity contribution is -0.118. The van der Waals surface area contributed by atoms with Crippen LogP contribution in [-0.2, 0) is 4.79 Å². The summed E-state index contributed by atoms with van der Waals surface area (Å²) in [5.74, 6) is 0.0634. The van der Waals surface area contributed by atoms with Gasteiger partial charge in [-0.2, -0.15) is 0 Å². The second-order valence-corrected chi connectivity index (χ2v) is 2.08. The van der Waals surface area contributed by atoms with Crippen LogP contribution < -0.4 is 16.4 Å². The molecular weight excluding hydrogens is 118 g/mol. The molecule has 0 radical (unpaired) electrons. The fourth-order valence-electron chi connectivity index (χ4n) is 0.853. The van der Waals surface area contributed by atoms with Gasteiger partial charge < -0.3 is 11.1 Å². The Kier molecular flexibility index (Phi) is 2.02. The Balaban J connectivity index is 2.22. The standard InChI is InChI=1S/C5H11N3O/c6-2-1-4-7-3-5(9)8-4/h4,7H,1-3,6H2,(H,8,9). The van der Waals surface area contributed by atoms with E-state index in [-0.39, 0.29) is 12.1 Å². The highest BCUT2D eigenvalue weighted by Crippen LogP contribution is 1.90. The fourth-order valence-corrected chi connectivity index (χ4v) is 0.853. The molecule has 1 rings (SSSR count). The largest absolute Gasteiger partial charge is 0.340 e. The Hall–Kier alpha value is -0.610. The van der Waals surface area contributed by atoms with Gasteiger partial charge in [0.2, 0.25) is 5.91 Å². The third-order valence-corrected chi connectivity index (χ3v) is 1.30. The van der Waals surface area contributed by atoms with Crippen molar-refractivity contribution in [3.8, 4) is 0 Å². The van der Waals surface area contributed by atoms with Gasteiger partial charge in [-0.1, -0.05) is 0 Å². The summed E-state index contributed by atoms with van der Waals surface area (Å²) >= 11 is 0. The molecule has 1 aliphatic rings. The van der Waals surface area contributed by atoms with Gasteiger partial charge in [-0.05, 0) is 13.0 Å². The van der Waals surface area contributed by atoms with Crippen molar-refractivity contribution < 1.29 is 4.79 Å². The van der Waals surface area contributed by atoms with Crippen LogP contribution in [-0.4, -0.2) is 25.2 Å². The number of hydrogen-bond donors (Lipinski definition) is 3. The lowest BCUT2D eigenvalue weighted by Gasteiger charge is -2.06. The van der Waals surface area contributed by atoms with Crippen LogP contribution >= 0.6 is 0 Å². The maximum absolute atomic E-state index is 10.5. The van der Waals surface area contributed by atoms with Gasteiger partial charge in [-0.3, -0.25) is 10.1 Å². The molecule has 0 aromatic heterocycles. The predicted molar refractivity (Wildman–Crippen MR) is 33.6 cm³/mol. The van der Waals surface area contributed by atoms with E-state index in [0.29, 0.717) is 13.1 Å². The quantitative estimate of drug-likeness (QED) is 0.420. The van der Waals surface area contributed by atoms with Crippen LogP contribution in [0.4, 0.5) is 0 Å². The molecule has 1 unspecified atom stereocenters. The number of rotatable bonds is 2. The average molecular weight is 129 g/mol. The van der Waals surface area contributed by atoms with Crippen molar-refractivity contribution in [1.29, 1.82) is 0 Å². The van der Waals surface area contributed by atoms with Crippen LogP contribution in [0.1, 0.15) is 6.42 Å². The zero-order chi connectivity index (χ0) is 6.69. The summed E-state index contributed by atoms with van der Waals surface area (Å²) in [4.78, 5) is 10.5. The Morgan fingerprint density at radius 2 is 2.56 bits per heavy atom. The van der Waals surface area contributed by atoms with Gasteiger partial charge in [0.05, 0.1) is 12.7 Å². The van der Waals surface area contributed by atoms with Gasteiger partial charge in [-0.15, -0.1) is 0 Å². The minimum absolute atomic E-state index is 0.0634. The molecule has 1 amide bonds. The summed E-state index contributed by atoms with van der Waals surface area (Å²) in [5, 5.41) is 5.69. The Labute approximate surface area is 53.8 Å². The van der Waals surface area contributed by atoms with E-state index in [2.05, 4.69) is 10.6 Å². The number of hydrogen-bond acceptors (Lipinski definition) is 3. The summed E-state index contributed by atoms with van der Waals surface area (Å²) < 4.78 is 0. The van der Waals surface area contributed by atoms with Crippen molar-refractivity contribution in [3.63, 3.8) is 0 Å². The fraction of sp³-hybridized carbons (Fsp3) is 0.800. The SMILES string of the molecule is NCCC1NCC(=O)N1. The molecule has 0 bridgehead atoms. The van der Waals surface area contributed by atoms with Gasteiger partial charge in [-0.25, -0.2) is 0 Å². The van der Waals surface area contributed by atoms with Crippen molar-refractivity contribution in [2.75, 3.05) is 13.1 Å². The van der Waals surface area contributed by atoms with Crippen molar-refractivity contribution in [2.24, 2.45) is 5.73 Å². The second kappa shape index (κ2) is 2.80. The highest BCUT2D eigenvalue weighted by molar-refractivity contribution is 5.80. The van der Waals surface area contributed by atoms with Crippen LogP contribution in [0.15, 0.2) is 0 Å². The zero-order valence-electron chi connectivity index (χ0n) is 5.18. The van der Waals surface area contributed by atoms with Crippen LogP contribution in [0.5, 0.6) is 0 Å². The Bertz CT molecular complexity index is 115. The van der Waals surface area contributed by atoms with Crippen LogP contribution in [0.3, 0.4) is 0 Å². The van der Waals surface area contributed by atoms with E-state index < -0.39 is 0 Å². The van der Waals surface area contributed by atoms with Crippen LogP contribution in [0, 0.1) is 0 Å². The summed E-state index contributed by atoms with van der Waals surface area (Å²) in [5.41, 5.74) is 5.26. The molecule has 0 aliphatic carbocycles. The van der Waals surface area contributed by atoms with Crippen molar-refractivity contribution in [1.82, 2.24) is 10.6 Å². The van der Waals surface area contributed by atoms with Crippen molar-refractivity contribution >= 4 is 5.91 Å². The molecule has 1 fully saturated rings. The summed E-state index contributed by atoms with van der Waals surface area (Å²) in [6, 6.07) is 0. The van der Waals surface area contributed by atoms with E-state index in [4.69, 9.17) is 5.73 Å². The second-order valence-electron chi connectivity index (χ2n) is 2.08. The number of nitrogens with two attached hydrogens (primary N) is 1. The number of amides is 1. The molecule has 0 aromatic rings. The predicted octanol–water partition coefficient (Wildman–Crippen LogP) is -1.62. The molecule has 1 atom stereocenters. The minimum Gasteiger partial charge on any atom is -0.340 e. The van der Waals surface area contributed by atoms with Gasteiger partial charge >= 0.3 is 0 Å². The highest BCUT2D eigenvalue weighted by atomic mass is 16.2. The van der Waals surface area contributed by atoms with Crippen LogP contribution in [0.2, 0.25) is 0 Å². The van der Waals surface area contributed by atoms with Crippen molar-refractivity contribution in [3.05, 3.63) is 0 Å². The smallest absolute Gasteiger partial charge is 0.235 e. The van der Waals surface area contributed by atoms with E-state index in [1.165, 1.54) is 0 Å². The van der Waals surface area contributed by atoms with E-state index in [1.54, 1.807) is 0 Å². The zero-order valence-corrected chi connectivity index (χ0v) is 5.18. The lowest BCUT2D eigenvalue weighted by atomic mass is 10.3. The molecule has 4 nitrogen and oxygen atoms in total. The van der Waals surface area contributed by atoms with E-state index >= 15 is 0 Å². The monoisotopic (exact) mass is 129 g/mol. The van der Waals surface area contributed by atoms with E-state index in [9.17, 15) is 4.79 Å². The lowest BCUT2D eigenvalue weighted by Crippen LogP contribution is -2.33.